The van der Waals surface area contributed by atoms with Crippen LogP contribution in [0.25, 0.3) is 0 Å². The number of aryl methyl sites for hydroxylation is 1. The van der Waals surface area contributed by atoms with E-state index in [2.05, 4.69) is 11.4 Å². The minimum Gasteiger partial charge on any atom is -0.385 e. The van der Waals surface area contributed by atoms with Gasteiger partial charge in [-0.2, -0.15) is 5.26 Å². The van der Waals surface area contributed by atoms with Crippen molar-refractivity contribution in [2.75, 3.05) is 5.32 Å². The van der Waals surface area contributed by atoms with Crippen molar-refractivity contribution in [3.05, 3.63) is 41.7 Å². The van der Waals surface area contributed by atoms with Crippen molar-refractivity contribution in [2.24, 2.45) is 11.1 Å². The van der Waals surface area contributed by atoms with Crippen LogP contribution in [-0.2, 0) is 0 Å². The molecule has 0 amide bonds. The smallest absolute Gasteiger partial charge is 0.102 e. The minimum absolute atomic E-state index is 0.183. The summed E-state index contributed by atoms with van der Waals surface area (Å²) in [4.78, 5) is 0. The van der Waals surface area contributed by atoms with Crippen LogP contribution in [0.3, 0.4) is 0 Å². The van der Waals surface area contributed by atoms with Crippen LogP contribution in [0, 0.1) is 29.1 Å². The van der Waals surface area contributed by atoms with Crippen LogP contribution in [0.1, 0.15) is 19.4 Å². The number of nitrogens with zero attached hydrogens (tertiary/aromatic N) is 1. The molecule has 0 aliphatic rings. The summed E-state index contributed by atoms with van der Waals surface area (Å²) in [6.45, 7) is 5.38. The standard InChI is InChI=1S/C14H18N4/c1-10-4-6-11(7-5-10)18-13(17)8-12(16)14(2,3)9-15/h4-8,16,18H,17H2,1-3H3/b13-8-,16-12?. The highest BCUT2D eigenvalue weighted by atomic mass is 15.0. The van der Waals surface area contributed by atoms with E-state index in [4.69, 9.17) is 16.4 Å². The molecule has 94 valence electrons. The molecule has 0 unspecified atom stereocenters. The van der Waals surface area contributed by atoms with Gasteiger partial charge in [0.1, 0.15) is 5.82 Å². The Morgan fingerprint density at radius 2 is 1.94 bits per heavy atom. The molecule has 0 aromatic heterocycles. The van der Waals surface area contributed by atoms with Crippen molar-refractivity contribution in [3.63, 3.8) is 0 Å². The summed E-state index contributed by atoms with van der Waals surface area (Å²) in [7, 11) is 0. The number of allylic oxidation sites excluding steroid dienone is 1. The Hall–Kier alpha value is -2.28. The van der Waals surface area contributed by atoms with Crippen molar-refractivity contribution in [3.8, 4) is 6.07 Å². The molecule has 0 fully saturated rings. The monoisotopic (exact) mass is 242 g/mol. The molecule has 1 aromatic carbocycles. The van der Waals surface area contributed by atoms with Crippen LogP contribution in [0.15, 0.2) is 36.2 Å². The van der Waals surface area contributed by atoms with Gasteiger partial charge in [0.2, 0.25) is 0 Å². The predicted molar refractivity (Wildman–Crippen MR) is 74.2 cm³/mol. The fraction of sp³-hybridized carbons (Fsp3) is 0.286. The predicted octanol–water partition coefficient (Wildman–Crippen LogP) is 2.78. The molecule has 0 atom stereocenters. The van der Waals surface area contributed by atoms with E-state index >= 15 is 0 Å². The summed E-state index contributed by atoms with van der Waals surface area (Å²) < 4.78 is 0. The lowest BCUT2D eigenvalue weighted by atomic mass is 9.89. The largest absolute Gasteiger partial charge is 0.385 e. The second-order valence-electron chi connectivity index (χ2n) is 4.74. The van der Waals surface area contributed by atoms with Gasteiger partial charge >= 0.3 is 0 Å². The third-order valence-corrected chi connectivity index (χ3v) is 2.59. The summed E-state index contributed by atoms with van der Waals surface area (Å²) in [5, 5.41) is 19.7. The highest BCUT2D eigenvalue weighted by molar-refractivity contribution is 5.99. The van der Waals surface area contributed by atoms with E-state index in [1.807, 2.05) is 31.2 Å². The normalized spacial score (nSPS) is 11.8. The van der Waals surface area contributed by atoms with Crippen LogP contribution < -0.4 is 11.1 Å². The van der Waals surface area contributed by atoms with Crippen LogP contribution >= 0.6 is 0 Å². The zero-order valence-corrected chi connectivity index (χ0v) is 10.9. The van der Waals surface area contributed by atoms with Gasteiger partial charge in [0.15, 0.2) is 0 Å². The number of benzene rings is 1. The van der Waals surface area contributed by atoms with E-state index in [9.17, 15) is 0 Å². The number of rotatable bonds is 4. The molecule has 0 aliphatic heterocycles. The Kier molecular flexibility index (Phi) is 4.11. The molecule has 4 heteroatoms. The average molecular weight is 242 g/mol. The summed E-state index contributed by atoms with van der Waals surface area (Å²) in [5.74, 6) is 0.354. The van der Waals surface area contributed by atoms with Crippen LogP contribution in [0.2, 0.25) is 0 Å². The maximum absolute atomic E-state index is 8.92. The average Bonchev–Trinajstić information content (AvgIpc) is 2.32. The molecule has 0 spiro atoms. The van der Waals surface area contributed by atoms with E-state index in [1.165, 1.54) is 11.6 Å². The highest BCUT2D eigenvalue weighted by Gasteiger charge is 2.21. The lowest BCUT2D eigenvalue weighted by Crippen LogP contribution is -2.22. The number of nitrogens with one attached hydrogen (secondary N) is 2. The van der Waals surface area contributed by atoms with Crippen molar-refractivity contribution in [2.45, 2.75) is 20.8 Å². The van der Waals surface area contributed by atoms with Gasteiger partial charge in [0, 0.05) is 11.8 Å². The molecule has 1 rings (SSSR count). The number of anilines is 1. The minimum atomic E-state index is -0.834. The first-order chi connectivity index (χ1) is 8.35. The van der Waals surface area contributed by atoms with Gasteiger partial charge in [-0.1, -0.05) is 17.7 Å². The first-order valence-electron chi connectivity index (χ1n) is 5.66. The third-order valence-electron chi connectivity index (χ3n) is 2.59. The molecule has 4 nitrogen and oxygen atoms in total. The third kappa shape index (κ3) is 3.63. The molecular formula is C14H18N4. The Labute approximate surface area is 108 Å². The fourth-order valence-corrected chi connectivity index (χ4v) is 1.24. The van der Waals surface area contributed by atoms with Crippen molar-refractivity contribution >= 4 is 11.4 Å². The number of nitriles is 1. The number of hydrogen-bond acceptors (Lipinski definition) is 4. The Morgan fingerprint density at radius 3 is 2.44 bits per heavy atom. The first kappa shape index (κ1) is 13.8. The molecule has 1 aromatic rings. The zero-order chi connectivity index (χ0) is 13.8. The molecule has 0 aliphatic carbocycles. The quantitative estimate of drug-likeness (QED) is 0.709. The molecule has 18 heavy (non-hydrogen) atoms. The molecule has 0 heterocycles. The van der Waals surface area contributed by atoms with Gasteiger partial charge < -0.3 is 16.5 Å². The Balaban J connectivity index is 2.77. The van der Waals surface area contributed by atoms with Crippen LogP contribution in [-0.4, -0.2) is 5.71 Å². The van der Waals surface area contributed by atoms with Gasteiger partial charge in [-0.05, 0) is 32.9 Å². The van der Waals surface area contributed by atoms with E-state index in [-0.39, 0.29) is 5.71 Å². The molecular weight excluding hydrogens is 224 g/mol. The molecule has 0 radical (unpaired) electrons. The Morgan fingerprint density at radius 1 is 1.39 bits per heavy atom. The van der Waals surface area contributed by atoms with Crippen LogP contribution in [0.5, 0.6) is 0 Å². The lowest BCUT2D eigenvalue weighted by molar-refractivity contribution is 0.692. The van der Waals surface area contributed by atoms with Crippen LogP contribution in [0.4, 0.5) is 5.69 Å². The van der Waals surface area contributed by atoms with E-state index in [1.54, 1.807) is 13.8 Å². The van der Waals surface area contributed by atoms with E-state index in [0.29, 0.717) is 5.82 Å². The van der Waals surface area contributed by atoms with Gasteiger partial charge in [0.25, 0.3) is 0 Å². The topological polar surface area (TPSA) is 85.7 Å². The second kappa shape index (κ2) is 5.37. The summed E-state index contributed by atoms with van der Waals surface area (Å²) >= 11 is 0. The first-order valence-corrected chi connectivity index (χ1v) is 5.66. The maximum atomic E-state index is 8.92. The van der Waals surface area contributed by atoms with Crippen molar-refractivity contribution < 1.29 is 0 Å². The molecule has 4 N–H and O–H groups in total. The maximum Gasteiger partial charge on any atom is 0.102 e. The molecule has 0 bridgehead atoms. The molecule has 0 saturated heterocycles. The van der Waals surface area contributed by atoms with Gasteiger partial charge in [-0.25, -0.2) is 0 Å². The van der Waals surface area contributed by atoms with Crippen molar-refractivity contribution in [1.29, 1.82) is 10.7 Å². The number of hydrogen-bond donors (Lipinski definition) is 3. The highest BCUT2D eigenvalue weighted by Crippen LogP contribution is 2.17. The van der Waals surface area contributed by atoms with Gasteiger partial charge in [-0.15, -0.1) is 0 Å². The van der Waals surface area contributed by atoms with E-state index in [0.717, 1.165) is 5.69 Å². The fourth-order valence-electron chi connectivity index (χ4n) is 1.24. The summed E-state index contributed by atoms with van der Waals surface area (Å²) in [6, 6.07) is 9.83. The summed E-state index contributed by atoms with van der Waals surface area (Å²) in [5.41, 5.74) is 7.17. The second-order valence-corrected chi connectivity index (χ2v) is 4.74. The number of nitrogens with two attached hydrogens (primary N) is 1. The van der Waals surface area contributed by atoms with Gasteiger partial charge in [0.05, 0.1) is 17.2 Å². The SMILES string of the molecule is Cc1ccc(N/C(N)=C\C(=N)C(C)(C)C#N)cc1. The molecule has 0 saturated carbocycles. The Bertz CT molecular complexity index is 504. The zero-order valence-electron chi connectivity index (χ0n) is 10.9. The van der Waals surface area contributed by atoms with Crippen molar-refractivity contribution in [1.82, 2.24) is 0 Å². The van der Waals surface area contributed by atoms with Gasteiger partial charge in [-0.3, -0.25) is 0 Å². The summed E-state index contributed by atoms with van der Waals surface area (Å²) in [6.07, 6.45) is 1.48. The lowest BCUT2D eigenvalue weighted by Gasteiger charge is -2.14. The van der Waals surface area contributed by atoms with E-state index < -0.39 is 5.41 Å².